The van der Waals surface area contributed by atoms with Gasteiger partial charge in [0.05, 0.1) is 47.4 Å². The van der Waals surface area contributed by atoms with Crippen LogP contribution in [0.1, 0.15) is 52.5 Å². The van der Waals surface area contributed by atoms with Crippen LogP contribution in [0, 0.1) is 24.7 Å². The van der Waals surface area contributed by atoms with Gasteiger partial charge in [0.15, 0.2) is 0 Å². The van der Waals surface area contributed by atoms with Gasteiger partial charge in [-0.3, -0.25) is 14.4 Å². The molecular formula is C38H48ClN3O6. The van der Waals surface area contributed by atoms with Crippen LogP contribution in [0.3, 0.4) is 0 Å². The maximum atomic E-state index is 15.1. The highest BCUT2D eigenvalue weighted by Gasteiger charge is 2.79. The van der Waals surface area contributed by atoms with E-state index in [-0.39, 0.29) is 43.3 Å². The van der Waals surface area contributed by atoms with E-state index in [1.54, 1.807) is 28.0 Å². The number of benzene rings is 2. The number of amides is 3. The van der Waals surface area contributed by atoms with Crippen molar-refractivity contribution in [2.75, 3.05) is 36.1 Å². The van der Waals surface area contributed by atoms with Crippen molar-refractivity contribution >= 4 is 40.7 Å². The predicted molar refractivity (Wildman–Crippen MR) is 188 cm³/mol. The molecular weight excluding hydrogens is 630 g/mol. The van der Waals surface area contributed by atoms with Crippen molar-refractivity contribution in [3.63, 3.8) is 0 Å². The molecule has 0 aromatic heterocycles. The number of aliphatic hydroxyl groups excluding tert-OH is 1. The van der Waals surface area contributed by atoms with E-state index < -0.39 is 35.1 Å². The maximum Gasteiger partial charge on any atom is 0.253 e. The molecule has 5 rings (SSSR count). The number of anilines is 2. The zero-order valence-electron chi connectivity index (χ0n) is 28.7. The zero-order chi connectivity index (χ0) is 35.0. The molecule has 9 nitrogen and oxygen atoms in total. The first-order chi connectivity index (χ1) is 22.9. The monoisotopic (exact) mass is 677 g/mol. The van der Waals surface area contributed by atoms with E-state index in [1.807, 2.05) is 71.0 Å². The van der Waals surface area contributed by atoms with Gasteiger partial charge in [0.2, 0.25) is 11.8 Å². The van der Waals surface area contributed by atoms with Gasteiger partial charge in [-0.25, -0.2) is 0 Å². The van der Waals surface area contributed by atoms with Crippen LogP contribution in [0.25, 0.3) is 0 Å². The molecule has 3 heterocycles. The summed E-state index contributed by atoms with van der Waals surface area (Å²) in [6, 6.07) is 10.9. The van der Waals surface area contributed by atoms with Gasteiger partial charge in [-0.1, -0.05) is 49.7 Å². The summed E-state index contributed by atoms with van der Waals surface area (Å²) in [4.78, 5) is 49.5. The van der Waals surface area contributed by atoms with Crippen LogP contribution in [0.4, 0.5) is 11.4 Å². The molecule has 2 aromatic carbocycles. The van der Waals surface area contributed by atoms with E-state index in [0.717, 1.165) is 5.56 Å². The lowest BCUT2D eigenvalue weighted by Crippen LogP contribution is -2.59. The zero-order valence-corrected chi connectivity index (χ0v) is 29.4. The third kappa shape index (κ3) is 5.94. The number of aliphatic hydroxyl groups is 1. The molecule has 3 saturated heterocycles. The Hall–Kier alpha value is -3.66. The third-order valence-electron chi connectivity index (χ3n) is 10.1. The van der Waals surface area contributed by atoms with E-state index in [0.29, 0.717) is 48.0 Å². The fourth-order valence-electron chi connectivity index (χ4n) is 8.27. The average molecular weight is 678 g/mol. The Bertz CT molecular complexity index is 1540. The van der Waals surface area contributed by atoms with Gasteiger partial charge < -0.3 is 29.3 Å². The molecule has 2 bridgehead atoms. The quantitative estimate of drug-likeness (QED) is 0.248. The maximum absolute atomic E-state index is 15.1. The lowest BCUT2D eigenvalue weighted by Gasteiger charge is -2.40. The molecule has 0 saturated carbocycles. The molecule has 1 spiro atoms. The number of nitrogens with zero attached hydrogens (tertiary/aromatic N) is 3. The van der Waals surface area contributed by atoms with E-state index >= 15 is 4.79 Å². The number of rotatable bonds is 14. The van der Waals surface area contributed by atoms with Gasteiger partial charge in [0.25, 0.3) is 5.91 Å². The summed E-state index contributed by atoms with van der Waals surface area (Å²) in [5.74, 6) is -2.02. The summed E-state index contributed by atoms with van der Waals surface area (Å²) in [6.45, 7) is 18.0. The minimum atomic E-state index is -1.29. The number of aryl methyl sites for hydroxylation is 1. The van der Waals surface area contributed by atoms with Crippen LogP contribution in [0.2, 0.25) is 5.02 Å². The average Bonchev–Trinajstić information content (AvgIpc) is 3.62. The topological polar surface area (TPSA) is 99.6 Å². The van der Waals surface area contributed by atoms with Gasteiger partial charge in [-0.15, -0.1) is 13.2 Å². The fourth-order valence-corrected chi connectivity index (χ4v) is 8.60. The SMILES string of the molecule is C=CCN(C(=O)[C@@H]1[C@H]2C(=O)N([C@@H](CO)CC(C)C)C(C(=O)N(CC=C)c3c(C)cccc3Cl)C23CC[C@@]1(C)O3)c1ccc(OCC)cc1. The second-order valence-corrected chi connectivity index (χ2v) is 14.2. The Kier molecular flexibility index (Phi) is 10.4. The number of fused-ring (bicyclic) bond motifs is 1. The lowest BCUT2D eigenvalue weighted by molar-refractivity contribution is -0.148. The van der Waals surface area contributed by atoms with Crippen LogP contribution in [-0.2, 0) is 19.1 Å². The van der Waals surface area contributed by atoms with Crippen LogP contribution >= 0.6 is 11.6 Å². The van der Waals surface area contributed by atoms with Crippen molar-refractivity contribution < 1.29 is 29.0 Å². The van der Waals surface area contributed by atoms with Crippen molar-refractivity contribution in [3.8, 4) is 5.75 Å². The van der Waals surface area contributed by atoms with Crippen LogP contribution in [0.5, 0.6) is 5.75 Å². The Morgan fingerprint density at radius 2 is 1.77 bits per heavy atom. The van der Waals surface area contributed by atoms with Crippen LogP contribution in [-0.4, -0.2) is 77.3 Å². The molecule has 2 unspecified atom stereocenters. The second kappa shape index (κ2) is 14.1. The van der Waals surface area contributed by atoms with E-state index in [2.05, 4.69) is 13.2 Å². The Labute approximate surface area is 289 Å². The minimum Gasteiger partial charge on any atom is -0.494 e. The molecule has 3 aliphatic rings. The molecule has 3 aliphatic heterocycles. The number of halogens is 1. The molecule has 10 heteroatoms. The number of hydrogen-bond acceptors (Lipinski definition) is 6. The van der Waals surface area contributed by atoms with Crippen LogP contribution < -0.4 is 14.5 Å². The summed E-state index contributed by atoms with van der Waals surface area (Å²) in [6.07, 6.45) is 4.63. The highest BCUT2D eigenvalue weighted by molar-refractivity contribution is 6.34. The van der Waals surface area contributed by atoms with Crippen molar-refractivity contribution in [1.82, 2.24) is 4.90 Å². The molecule has 2 aromatic rings. The number of carbonyl (C=O) groups excluding carboxylic acids is 3. The van der Waals surface area contributed by atoms with E-state index in [4.69, 9.17) is 21.1 Å². The fraction of sp³-hybridized carbons (Fsp3) is 0.500. The molecule has 1 N–H and O–H groups in total. The van der Waals surface area contributed by atoms with Gasteiger partial charge in [0.1, 0.15) is 17.4 Å². The van der Waals surface area contributed by atoms with Gasteiger partial charge in [0, 0.05) is 18.8 Å². The van der Waals surface area contributed by atoms with Crippen LogP contribution in [0.15, 0.2) is 67.8 Å². The van der Waals surface area contributed by atoms with Crippen molar-refractivity contribution in [1.29, 1.82) is 0 Å². The molecule has 258 valence electrons. The number of ether oxygens (including phenoxy) is 2. The van der Waals surface area contributed by atoms with E-state index in [1.165, 1.54) is 4.90 Å². The molecule has 3 amide bonds. The smallest absolute Gasteiger partial charge is 0.253 e. The molecule has 0 radical (unpaired) electrons. The Morgan fingerprint density at radius 3 is 2.35 bits per heavy atom. The summed E-state index contributed by atoms with van der Waals surface area (Å²) >= 11 is 6.71. The Balaban J connectivity index is 1.64. The molecule has 3 fully saturated rings. The van der Waals surface area contributed by atoms with Gasteiger partial charge in [-0.2, -0.15) is 0 Å². The summed E-state index contributed by atoms with van der Waals surface area (Å²) < 4.78 is 12.5. The summed E-state index contributed by atoms with van der Waals surface area (Å²) in [7, 11) is 0. The normalized spacial score (nSPS) is 26.4. The molecule has 48 heavy (non-hydrogen) atoms. The van der Waals surface area contributed by atoms with E-state index in [9.17, 15) is 14.7 Å². The highest BCUT2D eigenvalue weighted by Crippen LogP contribution is 2.64. The number of hydrogen-bond donors (Lipinski definition) is 1. The van der Waals surface area contributed by atoms with Crippen molar-refractivity contribution in [2.45, 2.75) is 77.2 Å². The first-order valence-corrected chi connectivity index (χ1v) is 17.2. The predicted octanol–water partition coefficient (Wildman–Crippen LogP) is 5.96. The third-order valence-corrected chi connectivity index (χ3v) is 10.4. The molecule has 0 aliphatic carbocycles. The first kappa shape index (κ1) is 35.6. The minimum absolute atomic E-state index is 0.119. The Morgan fingerprint density at radius 1 is 1.10 bits per heavy atom. The molecule has 6 atom stereocenters. The van der Waals surface area contributed by atoms with Gasteiger partial charge >= 0.3 is 0 Å². The lowest BCUT2D eigenvalue weighted by atomic mass is 9.66. The summed E-state index contributed by atoms with van der Waals surface area (Å²) in [5.41, 5.74) is -0.335. The summed E-state index contributed by atoms with van der Waals surface area (Å²) in [5, 5.41) is 11.1. The number of carbonyl (C=O) groups is 3. The largest absolute Gasteiger partial charge is 0.494 e. The van der Waals surface area contributed by atoms with Crippen molar-refractivity contribution in [2.24, 2.45) is 17.8 Å². The van der Waals surface area contributed by atoms with Gasteiger partial charge in [-0.05, 0) is 81.8 Å². The highest BCUT2D eigenvalue weighted by atomic mass is 35.5. The standard InChI is InChI=1S/C38H48ClN3O6/c1-8-20-40(26-14-16-28(17-15-26)47-10-3)34(44)30-31-35(45)42(27(23-43)22-24(4)5)33(38(31)19-18-37(30,7)48-38)36(46)41(21-9-2)32-25(6)12-11-13-29(32)39/h8-9,11-17,24,27,30-31,33,43H,1-2,10,18-23H2,3-7H3/t27-,30+,31+,33?,37-,38?/m1/s1. The number of likely N-dealkylation sites (tertiary alicyclic amines) is 1. The second-order valence-electron chi connectivity index (χ2n) is 13.7. The van der Waals surface area contributed by atoms with Crippen molar-refractivity contribution in [3.05, 3.63) is 78.4 Å². The number of para-hydroxylation sites is 1. The first-order valence-electron chi connectivity index (χ1n) is 16.8.